The number of hydrogen-bond acceptors (Lipinski definition) is 5. The number of benzene rings is 3. The van der Waals surface area contributed by atoms with Gasteiger partial charge in [-0.05, 0) is 55.9 Å². The first-order chi connectivity index (χ1) is 19.3. The molecule has 0 bridgehead atoms. The van der Waals surface area contributed by atoms with Crippen molar-refractivity contribution in [1.82, 2.24) is 19.4 Å². The largest absolute Gasteiger partial charge is 0.492 e. The maximum atomic E-state index is 13.2. The van der Waals surface area contributed by atoms with E-state index in [1.165, 1.54) is 12.1 Å². The van der Waals surface area contributed by atoms with E-state index in [-0.39, 0.29) is 5.75 Å². The summed E-state index contributed by atoms with van der Waals surface area (Å²) in [5, 5.41) is 0. The van der Waals surface area contributed by atoms with Crippen LogP contribution in [0.25, 0.3) is 22.4 Å². The third kappa shape index (κ3) is 6.77. The lowest BCUT2D eigenvalue weighted by molar-refractivity contribution is -0.137. The van der Waals surface area contributed by atoms with E-state index in [1.807, 2.05) is 30.3 Å². The molecule has 0 spiro atoms. The zero-order chi connectivity index (χ0) is 28.1. The quantitative estimate of drug-likeness (QED) is 0.213. The van der Waals surface area contributed by atoms with Gasteiger partial charge in [-0.1, -0.05) is 31.5 Å². The van der Waals surface area contributed by atoms with Crippen LogP contribution in [0.2, 0.25) is 0 Å². The first kappa shape index (κ1) is 28.0. The maximum absolute atomic E-state index is 13.2. The molecule has 0 unspecified atom stereocenters. The minimum absolute atomic E-state index is 0.129. The van der Waals surface area contributed by atoms with Gasteiger partial charge in [0, 0.05) is 50.9 Å². The molecule has 0 atom stereocenters. The number of aromatic nitrogens is 2. The molecular formula is C31H35F3N4O2. The van der Waals surface area contributed by atoms with Crippen LogP contribution in [0.3, 0.4) is 0 Å². The van der Waals surface area contributed by atoms with Crippen LogP contribution in [0.5, 0.6) is 17.2 Å². The average molecular weight is 553 g/mol. The molecule has 5 rings (SSSR count). The lowest BCUT2D eigenvalue weighted by atomic mass is 10.2. The van der Waals surface area contributed by atoms with Gasteiger partial charge in [-0.25, -0.2) is 4.98 Å². The third-order valence-corrected chi connectivity index (χ3v) is 7.22. The zero-order valence-corrected chi connectivity index (χ0v) is 23.0. The van der Waals surface area contributed by atoms with Crippen LogP contribution in [-0.4, -0.2) is 65.7 Å². The monoisotopic (exact) mass is 552 g/mol. The molecule has 0 N–H and O–H groups in total. The van der Waals surface area contributed by atoms with Gasteiger partial charge in [0.2, 0.25) is 0 Å². The Morgan fingerprint density at radius 3 is 2.35 bits per heavy atom. The van der Waals surface area contributed by atoms with Gasteiger partial charge in [0.1, 0.15) is 29.7 Å². The van der Waals surface area contributed by atoms with Crippen molar-refractivity contribution in [2.45, 2.75) is 32.5 Å². The molecule has 1 aliphatic rings. The van der Waals surface area contributed by atoms with E-state index in [2.05, 4.69) is 34.4 Å². The highest BCUT2D eigenvalue weighted by Crippen LogP contribution is 2.34. The summed E-state index contributed by atoms with van der Waals surface area (Å²) < 4.78 is 53.6. The van der Waals surface area contributed by atoms with Gasteiger partial charge in [-0.2, -0.15) is 13.2 Å². The summed E-state index contributed by atoms with van der Waals surface area (Å²) >= 11 is 0. The average Bonchev–Trinajstić information content (AvgIpc) is 3.30. The van der Waals surface area contributed by atoms with Crippen molar-refractivity contribution in [3.63, 3.8) is 0 Å². The van der Waals surface area contributed by atoms with E-state index in [9.17, 15) is 13.2 Å². The van der Waals surface area contributed by atoms with E-state index >= 15 is 0 Å². The van der Waals surface area contributed by atoms with Crippen molar-refractivity contribution < 1.29 is 22.6 Å². The maximum Gasteiger partial charge on any atom is 0.416 e. The molecule has 212 valence electrons. The second kappa shape index (κ2) is 12.3. The highest BCUT2D eigenvalue weighted by atomic mass is 19.4. The van der Waals surface area contributed by atoms with Gasteiger partial charge >= 0.3 is 6.18 Å². The molecule has 1 aromatic heterocycles. The second-order valence-electron chi connectivity index (χ2n) is 10.2. The highest BCUT2D eigenvalue weighted by Gasteiger charge is 2.30. The lowest BCUT2D eigenvalue weighted by Crippen LogP contribution is -2.45. The Morgan fingerprint density at radius 2 is 1.60 bits per heavy atom. The fourth-order valence-electron chi connectivity index (χ4n) is 4.89. The van der Waals surface area contributed by atoms with E-state index in [1.54, 1.807) is 6.07 Å². The number of alkyl halides is 3. The number of nitrogens with zero attached hydrogens (tertiary/aromatic N) is 4. The van der Waals surface area contributed by atoms with Gasteiger partial charge in [0.15, 0.2) is 0 Å². The molecule has 0 aliphatic carbocycles. The van der Waals surface area contributed by atoms with Crippen molar-refractivity contribution in [2.24, 2.45) is 0 Å². The van der Waals surface area contributed by atoms with E-state index in [0.29, 0.717) is 12.4 Å². The normalized spacial score (nSPS) is 15.0. The fraction of sp³-hybridized carbons (Fsp3) is 0.387. The molecule has 0 radical (unpaired) electrons. The summed E-state index contributed by atoms with van der Waals surface area (Å²) in [5.41, 5.74) is 1.94. The molecule has 4 aromatic rings. The van der Waals surface area contributed by atoms with E-state index in [0.717, 1.165) is 92.4 Å². The lowest BCUT2D eigenvalue weighted by Gasteiger charge is -2.32. The zero-order valence-electron chi connectivity index (χ0n) is 23.0. The van der Waals surface area contributed by atoms with Crippen LogP contribution in [-0.2, 0) is 12.7 Å². The van der Waals surface area contributed by atoms with E-state index < -0.39 is 11.7 Å². The van der Waals surface area contributed by atoms with E-state index in [4.69, 9.17) is 14.5 Å². The molecule has 1 aliphatic heterocycles. The molecule has 1 saturated heterocycles. The molecule has 0 amide bonds. The van der Waals surface area contributed by atoms with Gasteiger partial charge in [-0.15, -0.1) is 0 Å². The first-order valence-electron chi connectivity index (χ1n) is 13.8. The predicted molar refractivity (Wildman–Crippen MR) is 151 cm³/mol. The molecule has 3 aromatic carbocycles. The summed E-state index contributed by atoms with van der Waals surface area (Å²) in [6.07, 6.45) is -2.43. The predicted octanol–water partition coefficient (Wildman–Crippen LogP) is 6.94. The molecule has 0 saturated carbocycles. The van der Waals surface area contributed by atoms with Crippen molar-refractivity contribution >= 4 is 11.0 Å². The number of halogens is 3. The van der Waals surface area contributed by atoms with Crippen LogP contribution in [0.4, 0.5) is 13.2 Å². The van der Waals surface area contributed by atoms with Crippen LogP contribution in [0.1, 0.15) is 25.3 Å². The van der Waals surface area contributed by atoms with Gasteiger partial charge in [0.25, 0.3) is 0 Å². The Hall–Kier alpha value is -3.56. The van der Waals surface area contributed by atoms with Crippen molar-refractivity contribution in [1.29, 1.82) is 0 Å². The molecule has 9 heteroatoms. The number of aryl methyl sites for hydroxylation is 1. The summed E-state index contributed by atoms with van der Waals surface area (Å²) in [6, 6.07) is 18.2. The smallest absolute Gasteiger partial charge is 0.416 e. The summed E-state index contributed by atoms with van der Waals surface area (Å²) in [5.74, 6) is 2.17. The molecule has 6 nitrogen and oxygen atoms in total. The topological polar surface area (TPSA) is 42.8 Å². The number of unbranched alkanes of at least 4 members (excludes halogenated alkanes) is 1. The standard InChI is InChI=1S/C31H35F3N4O2/c1-3-4-13-38-29-22-25(39-19-18-37-16-14-36(2)15-17-37)11-12-28(29)35-30(38)23-7-5-9-26(20-23)40-27-10-6-8-24(21-27)31(32,33)34/h5-12,20-22H,3-4,13-19H2,1-2H3. The van der Waals surface area contributed by atoms with Crippen molar-refractivity contribution in [3.05, 3.63) is 72.3 Å². The number of rotatable bonds is 10. The SMILES string of the molecule is CCCCn1c(-c2cccc(Oc3cccc(C(F)(F)F)c3)c2)nc2ccc(OCCN3CCN(C)CC3)cc21. The van der Waals surface area contributed by atoms with Gasteiger partial charge in [0.05, 0.1) is 16.6 Å². The third-order valence-electron chi connectivity index (χ3n) is 7.22. The van der Waals surface area contributed by atoms with Crippen LogP contribution < -0.4 is 9.47 Å². The minimum Gasteiger partial charge on any atom is -0.492 e. The summed E-state index contributed by atoms with van der Waals surface area (Å²) in [6.45, 7) is 8.73. The number of ether oxygens (including phenoxy) is 2. The van der Waals surface area contributed by atoms with Crippen LogP contribution >= 0.6 is 0 Å². The Bertz CT molecular complexity index is 1430. The number of likely N-dealkylation sites (N-methyl/N-ethyl adjacent to an activating group) is 1. The number of fused-ring (bicyclic) bond motifs is 1. The van der Waals surface area contributed by atoms with Crippen molar-refractivity contribution in [3.8, 4) is 28.6 Å². The van der Waals surface area contributed by atoms with Crippen LogP contribution in [0, 0.1) is 0 Å². The van der Waals surface area contributed by atoms with Gasteiger partial charge < -0.3 is 18.9 Å². The van der Waals surface area contributed by atoms with Crippen molar-refractivity contribution in [2.75, 3.05) is 46.4 Å². The molecule has 1 fully saturated rings. The molecule has 2 heterocycles. The Morgan fingerprint density at radius 1 is 0.850 bits per heavy atom. The second-order valence-corrected chi connectivity index (χ2v) is 10.2. The molecular weight excluding hydrogens is 517 g/mol. The summed E-state index contributed by atoms with van der Waals surface area (Å²) in [7, 11) is 2.15. The Labute approximate surface area is 232 Å². The summed E-state index contributed by atoms with van der Waals surface area (Å²) in [4.78, 5) is 9.69. The Balaban J connectivity index is 1.37. The highest BCUT2D eigenvalue weighted by molar-refractivity contribution is 5.82. The molecule has 40 heavy (non-hydrogen) atoms. The number of piperazine rings is 1. The Kier molecular flexibility index (Phi) is 8.61. The minimum atomic E-state index is -4.43. The van der Waals surface area contributed by atoms with Crippen LogP contribution in [0.15, 0.2) is 66.7 Å². The number of imidazole rings is 1. The number of hydrogen-bond donors (Lipinski definition) is 0. The van der Waals surface area contributed by atoms with Gasteiger partial charge in [-0.3, -0.25) is 4.90 Å². The fourth-order valence-corrected chi connectivity index (χ4v) is 4.89. The first-order valence-corrected chi connectivity index (χ1v) is 13.8.